The van der Waals surface area contributed by atoms with E-state index in [1.54, 1.807) is 0 Å². The fourth-order valence-corrected chi connectivity index (χ4v) is 2.28. The third kappa shape index (κ3) is 4.88. The third-order valence-corrected chi connectivity index (χ3v) is 3.52. The predicted octanol–water partition coefficient (Wildman–Crippen LogP) is 2.78. The van der Waals surface area contributed by atoms with Gasteiger partial charge < -0.3 is 4.90 Å². The van der Waals surface area contributed by atoms with Crippen molar-refractivity contribution in [3.05, 3.63) is 0 Å². The molecule has 0 aliphatic carbocycles. The molecule has 1 unspecified atom stereocenters. The summed E-state index contributed by atoms with van der Waals surface area (Å²) in [5.74, 6) is 0.575. The number of hydrogen-bond acceptors (Lipinski definition) is 2. The van der Waals surface area contributed by atoms with Crippen molar-refractivity contribution in [1.29, 1.82) is 0 Å². The summed E-state index contributed by atoms with van der Waals surface area (Å²) in [7, 11) is 0. The minimum absolute atomic E-state index is 0.0350. The van der Waals surface area contributed by atoms with Crippen LogP contribution in [0, 0.1) is 5.92 Å². The summed E-state index contributed by atoms with van der Waals surface area (Å²) in [6, 6.07) is 0. The highest BCUT2D eigenvalue weighted by Gasteiger charge is 2.25. The molecule has 3 heteroatoms. The molecule has 0 aromatic heterocycles. The maximum Gasteiger partial charge on any atom is 0.222 e. The summed E-state index contributed by atoms with van der Waals surface area (Å²) in [4.78, 5) is 25.1. The number of carbonyl (C=O) groups is 2. The van der Waals surface area contributed by atoms with E-state index in [2.05, 4.69) is 6.92 Å². The number of nitrogens with zero attached hydrogens (tertiary/aromatic N) is 1. The number of ketones is 1. The van der Waals surface area contributed by atoms with Gasteiger partial charge in [0.1, 0.15) is 5.78 Å². The van der Waals surface area contributed by atoms with Crippen molar-refractivity contribution in [2.75, 3.05) is 13.1 Å². The first kappa shape index (κ1) is 14.2. The van der Waals surface area contributed by atoms with E-state index in [1.165, 1.54) is 19.3 Å². The van der Waals surface area contributed by atoms with Gasteiger partial charge in [-0.25, -0.2) is 0 Å². The Labute approximate surface area is 105 Å². The molecule has 1 amide bonds. The second kappa shape index (κ2) is 7.46. The van der Waals surface area contributed by atoms with Gasteiger partial charge in [-0.1, -0.05) is 39.5 Å². The first-order valence-electron chi connectivity index (χ1n) is 6.95. The van der Waals surface area contributed by atoms with Crippen molar-refractivity contribution in [2.24, 2.45) is 5.92 Å². The standard InChI is InChI=1S/C14H25NO2/c1-3-4-5-6-7-8-14(17)15-10-9-13(16)12(2)11-15/h12H,3-11H2,1-2H3. The van der Waals surface area contributed by atoms with Crippen molar-refractivity contribution < 1.29 is 9.59 Å². The lowest BCUT2D eigenvalue weighted by atomic mass is 9.98. The van der Waals surface area contributed by atoms with Gasteiger partial charge in [0.25, 0.3) is 0 Å². The number of hydrogen-bond donors (Lipinski definition) is 0. The molecule has 0 bridgehead atoms. The lowest BCUT2D eigenvalue weighted by molar-refractivity contribution is -0.136. The molecule has 1 fully saturated rings. The van der Waals surface area contributed by atoms with Gasteiger partial charge in [0.05, 0.1) is 0 Å². The number of Topliss-reactive ketones (excluding diaryl/α,β-unsaturated/α-hetero) is 1. The summed E-state index contributed by atoms with van der Waals surface area (Å²) in [6.45, 7) is 5.38. The van der Waals surface area contributed by atoms with Gasteiger partial charge in [-0.05, 0) is 6.42 Å². The lowest BCUT2D eigenvalue weighted by Crippen LogP contribution is -2.43. The smallest absolute Gasteiger partial charge is 0.222 e. The zero-order valence-corrected chi connectivity index (χ0v) is 11.2. The average Bonchev–Trinajstić information content (AvgIpc) is 2.32. The van der Waals surface area contributed by atoms with Crippen LogP contribution < -0.4 is 0 Å². The van der Waals surface area contributed by atoms with Gasteiger partial charge in [0, 0.05) is 31.8 Å². The second-order valence-corrected chi connectivity index (χ2v) is 5.12. The highest BCUT2D eigenvalue weighted by atomic mass is 16.2. The third-order valence-electron chi connectivity index (χ3n) is 3.52. The van der Waals surface area contributed by atoms with Gasteiger partial charge in [-0.2, -0.15) is 0 Å². The van der Waals surface area contributed by atoms with Crippen LogP contribution in [-0.2, 0) is 9.59 Å². The molecule has 1 aliphatic heterocycles. The summed E-state index contributed by atoms with van der Waals surface area (Å²) in [5.41, 5.74) is 0. The second-order valence-electron chi connectivity index (χ2n) is 5.12. The van der Waals surface area contributed by atoms with E-state index in [0.29, 0.717) is 31.7 Å². The molecule has 98 valence electrons. The molecular formula is C14H25NO2. The first-order valence-corrected chi connectivity index (χ1v) is 6.95. The van der Waals surface area contributed by atoms with Gasteiger partial charge in [-0.15, -0.1) is 0 Å². The van der Waals surface area contributed by atoms with Crippen LogP contribution in [0.15, 0.2) is 0 Å². The van der Waals surface area contributed by atoms with E-state index in [1.807, 2.05) is 11.8 Å². The molecule has 1 saturated heterocycles. The summed E-state index contributed by atoms with van der Waals surface area (Å²) < 4.78 is 0. The van der Waals surface area contributed by atoms with Crippen LogP contribution in [0.2, 0.25) is 0 Å². The molecule has 1 atom stereocenters. The highest BCUT2D eigenvalue weighted by molar-refractivity contribution is 5.85. The average molecular weight is 239 g/mol. The SMILES string of the molecule is CCCCCCCC(=O)N1CCC(=O)C(C)C1. The molecule has 17 heavy (non-hydrogen) atoms. The Balaban J connectivity index is 2.17. The van der Waals surface area contributed by atoms with Crippen LogP contribution >= 0.6 is 0 Å². The number of carbonyl (C=O) groups excluding carboxylic acids is 2. The predicted molar refractivity (Wildman–Crippen MR) is 68.7 cm³/mol. The van der Waals surface area contributed by atoms with Crippen molar-refractivity contribution in [2.45, 2.75) is 58.8 Å². The van der Waals surface area contributed by atoms with E-state index in [-0.39, 0.29) is 11.8 Å². The van der Waals surface area contributed by atoms with E-state index in [9.17, 15) is 9.59 Å². The number of amides is 1. The molecule has 1 aliphatic rings. The van der Waals surface area contributed by atoms with Crippen LogP contribution in [-0.4, -0.2) is 29.7 Å². The Morgan fingerprint density at radius 2 is 2.00 bits per heavy atom. The summed E-state index contributed by atoms with van der Waals surface area (Å²) >= 11 is 0. The number of rotatable bonds is 6. The van der Waals surface area contributed by atoms with Gasteiger partial charge in [0.15, 0.2) is 0 Å². The largest absolute Gasteiger partial charge is 0.342 e. The molecule has 1 rings (SSSR count). The van der Waals surface area contributed by atoms with Crippen LogP contribution in [0.25, 0.3) is 0 Å². The van der Waals surface area contributed by atoms with Gasteiger partial charge in [-0.3, -0.25) is 9.59 Å². The monoisotopic (exact) mass is 239 g/mol. The zero-order chi connectivity index (χ0) is 12.7. The Kier molecular flexibility index (Phi) is 6.23. The van der Waals surface area contributed by atoms with Crippen LogP contribution in [0.1, 0.15) is 58.8 Å². The van der Waals surface area contributed by atoms with E-state index in [4.69, 9.17) is 0 Å². The minimum atomic E-state index is 0.0350. The van der Waals surface area contributed by atoms with E-state index < -0.39 is 0 Å². The van der Waals surface area contributed by atoms with E-state index in [0.717, 1.165) is 12.8 Å². The normalized spacial score (nSPS) is 20.7. The fourth-order valence-electron chi connectivity index (χ4n) is 2.28. The Morgan fingerprint density at radius 3 is 2.65 bits per heavy atom. The van der Waals surface area contributed by atoms with E-state index >= 15 is 0 Å². The van der Waals surface area contributed by atoms with Crippen LogP contribution in [0.3, 0.4) is 0 Å². The maximum absolute atomic E-state index is 11.9. The maximum atomic E-state index is 11.9. The van der Waals surface area contributed by atoms with Crippen LogP contribution in [0.4, 0.5) is 0 Å². The van der Waals surface area contributed by atoms with Gasteiger partial charge in [0.2, 0.25) is 5.91 Å². The Morgan fingerprint density at radius 1 is 1.29 bits per heavy atom. The summed E-state index contributed by atoms with van der Waals surface area (Å²) in [5, 5.41) is 0. The molecule has 0 saturated carbocycles. The molecule has 0 N–H and O–H groups in total. The van der Waals surface area contributed by atoms with Crippen molar-refractivity contribution in [3.8, 4) is 0 Å². The molecule has 1 heterocycles. The number of unbranched alkanes of at least 4 members (excludes halogenated alkanes) is 4. The fraction of sp³-hybridized carbons (Fsp3) is 0.857. The zero-order valence-electron chi connectivity index (χ0n) is 11.2. The Bertz CT molecular complexity index is 263. The molecule has 3 nitrogen and oxygen atoms in total. The van der Waals surface area contributed by atoms with Gasteiger partial charge >= 0.3 is 0 Å². The van der Waals surface area contributed by atoms with Crippen molar-refractivity contribution >= 4 is 11.7 Å². The quantitative estimate of drug-likeness (QED) is 0.668. The molecule has 0 aromatic rings. The lowest BCUT2D eigenvalue weighted by Gasteiger charge is -2.30. The van der Waals surface area contributed by atoms with Crippen molar-refractivity contribution in [3.63, 3.8) is 0 Å². The number of piperidine rings is 1. The van der Waals surface area contributed by atoms with Crippen molar-refractivity contribution in [1.82, 2.24) is 4.90 Å². The van der Waals surface area contributed by atoms with Crippen LogP contribution in [0.5, 0.6) is 0 Å². The Hall–Kier alpha value is -0.860. The molecular weight excluding hydrogens is 214 g/mol. The molecule has 0 radical (unpaired) electrons. The highest BCUT2D eigenvalue weighted by Crippen LogP contribution is 2.14. The molecule has 0 spiro atoms. The number of likely N-dealkylation sites (tertiary alicyclic amines) is 1. The topological polar surface area (TPSA) is 37.4 Å². The first-order chi connectivity index (χ1) is 8.15. The molecule has 0 aromatic carbocycles. The minimum Gasteiger partial charge on any atom is -0.342 e. The summed E-state index contributed by atoms with van der Waals surface area (Å²) in [6.07, 6.45) is 7.09.